The van der Waals surface area contributed by atoms with E-state index in [9.17, 15) is 0 Å². The van der Waals surface area contributed by atoms with Gasteiger partial charge < -0.3 is 11.0 Å². The van der Waals surface area contributed by atoms with Gasteiger partial charge in [0, 0.05) is 0 Å². The molecule has 3 N–H and O–H groups in total. The first-order valence-electron chi connectivity index (χ1n) is 1.70. The summed E-state index contributed by atoms with van der Waals surface area (Å²) < 4.78 is 0. The lowest BCUT2D eigenvalue weighted by atomic mass is 10.5. The zero-order valence-electron chi connectivity index (χ0n) is 3.94. The molecule has 0 aliphatic carbocycles. The number of hydrogen-bond donors (Lipinski definition) is 2. The summed E-state index contributed by atoms with van der Waals surface area (Å²) >= 11 is 0. The Labute approximate surface area is 45.7 Å². The molecule has 0 radical (unpaired) electrons. The first-order valence-corrected chi connectivity index (χ1v) is 1.70. The maximum absolute atomic E-state index is 7.97. The predicted molar refractivity (Wildman–Crippen MR) is 27.5 cm³/mol. The van der Waals surface area contributed by atoms with Crippen molar-refractivity contribution in [3.8, 4) is 6.07 Å². The molecule has 0 aliphatic heterocycles. The standard InChI is InChI=1S/C3H4N4O/c4-1-3(7-8)2-6-5/h2,8H,5H2/b6-2-,7-3+. The van der Waals surface area contributed by atoms with Crippen LogP contribution >= 0.6 is 0 Å². The predicted octanol–water partition coefficient (Wildman–Crippen LogP) is -0.715. The fraction of sp³-hybridized carbons (Fsp3) is 0. The van der Waals surface area contributed by atoms with E-state index in [0.717, 1.165) is 6.21 Å². The minimum atomic E-state index is -0.215. The van der Waals surface area contributed by atoms with E-state index in [1.54, 1.807) is 0 Å². The van der Waals surface area contributed by atoms with E-state index in [1.165, 1.54) is 6.07 Å². The summed E-state index contributed by atoms with van der Waals surface area (Å²) in [6, 6.07) is 1.52. The van der Waals surface area contributed by atoms with Crippen LogP contribution in [0.4, 0.5) is 0 Å². The maximum Gasteiger partial charge on any atom is 0.199 e. The quantitative estimate of drug-likeness (QED) is 0.203. The molecule has 0 saturated carbocycles. The number of hydrogen-bond acceptors (Lipinski definition) is 5. The second-order valence-corrected chi connectivity index (χ2v) is 0.875. The van der Waals surface area contributed by atoms with Gasteiger partial charge in [0.25, 0.3) is 0 Å². The Kier molecular flexibility index (Phi) is 2.90. The summed E-state index contributed by atoms with van der Waals surface area (Å²) in [5, 5.41) is 21.3. The van der Waals surface area contributed by atoms with Crippen molar-refractivity contribution in [1.29, 1.82) is 5.26 Å². The van der Waals surface area contributed by atoms with Crippen LogP contribution in [0.5, 0.6) is 0 Å². The summed E-state index contributed by atoms with van der Waals surface area (Å²) in [4.78, 5) is 0. The van der Waals surface area contributed by atoms with Crippen LogP contribution in [0.25, 0.3) is 0 Å². The SMILES string of the molecule is N#CC(/C=N\N)=N\O. The van der Waals surface area contributed by atoms with Crippen LogP contribution in [-0.2, 0) is 0 Å². The fourth-order valence-corrected chi connectivity index (χ4v) is 0.148. The van der Waals surface area contributed by atoms with Gasteiger partial charge in [0.1, 0.15) is 6.07 Å². The molecule has 0 atom stereocenters. The van der Waals surface area contributed by atoms with Crippen molar-refractivity contribution < 1.29 is 5.21 Å². The molecule has 0 unspecified atom stereocenters. The van der Waals surface area contributed by atoms with Gasteiger partial charge in [0.05, 0.1) is 6.21 Å². The van der Waals surface area contributed by atoms with Crippen LogP contribution in [0.2, 0.25) is 0 Å². The fourth-order valence-electron chi connectivity index (χ4n) is 0.148. The van der Waals surface area contributed by atoms with Crippen molar-refractivity contribution in [2.75, 3.05) is 0 Å². The largest absolute Gasteiger partial charge is 0.410 e. The van der Waals surface area contributed by atoms with Gasteiger partial charge in [-0.05, 0) is 0 Å². The van der Waals surface area contributed by atoms with Gasteiger partial charge in [-0.25, -0.2) is 0 Å². The van der Waals surface area contributed by atoms with E-state index >= 15 is 0 Å². The minimum Gasteiger partial charge on any atom is -0.410 e. The molecular weight excluding hydrogens is 108 g/mol. The second-order valence-electron chi connectivity index (χ2n) is 0.875. The Morgan fingerprint density at radius 2 is 2.50 bits per heavy atom. The summed E-state index contributed by atoms with van der Waals surface area (Å²) in [7, 11) is 0. The second kappa shape index (κ2) is 3.61. The molecule has 5 heteroatoms. The molecule has 0 bridgehead atoms. The lowest BCUT2D eigenvalue weighted by molar-refractivity contribution is 0.321. The number of rotatable bonds is 1. The van der Waals surface area contributed by atoms with Crippen molar-refractivity contribution in [2.45, 2.75) is 0 Å². The maximum atomic E-state index is 7.97. The van der Waals surface area contributed by atoms with Crippen LogP contribution in [0.15, 0.2) is 10.3 Å². The lowest BCUT2D eigenvalue weighted by Gasteiger charge is -1.75. The van der Waals surface area contributed by atoms with Crippen LogP contribution in [0.3, 0.4) is 0 Å². The first kappa shape index (κ1) is 6.43. The van der Waals surface area contributed by atoms with Crippen LogP contribution in [0.1, 0.15) is 0 Å². The minimum absolute atomic E-state index is 0.215. The third kappa shape index (κ3) is 1.77. The van der Waals surface area contributed by atoms with Gasteiger partial charge in [0.2, 0.25) is 0 Å². The average molecular weight is 112 g/mol. The topological polar surface area (TPSA) is 94.8 Å². The highest BCUT2D eigenvalue weighted by Gasteiger charge is 1.86. The zero-order chi connectivity index (χ0) is 6.41. The molecule has 0 saturated heterocycles. The van der Waals surface area contributed by atoms with Crippen molar-refractivity contribution in [1.82, 2.24) is 0 Å². The lowest BCUT2D eigenvalue weighted by Crippen LogP contribution is -1.97. The molecule has 0 aliphatic rings. The Balaban J connectivity index is 3.98. The highest BCUT2D eigenvalue weighted by molar-refractivity contribution is 6.37. The number of hydrazone groups is 1. The molecule has 0 heterocycles. The van der Waals surface area contributed by atoms with Gasteiger partial charge >= 0.3 is 0 Å². The van der Waals surface area contributed by atoms with E-state index in [4.69, 9.17) is 10.5 Å². The monoisotopic (exact) mass is 112 g/mol. The van der Waals surface area contributed by atoms with Crippen LogP contribution in [0, 0.1) is 11.3 Å². The van der Waals surface area contributed by atoms with E-state index in [0.29, 0.717) is 0 Å². The highest BCUT2D eigenvalue weighted by atomic mass is 16.4. The van der Waals surface area contributed by atoms with Gasteiger partial charge in [-0.1, -0.05) is 5.16 Å². The molecule has 0 amide bonds. The molecule has 0 rings (SSSR count). The van der Waals surface area contributed by atoms with E-state index in [-0.39, 0.29) is 5.71 Å². The number of nitriles is 1. The third-order valence-corrected chi connectivity index (χ3v) is 0.419. The molecule has 42 valence electrons. The van der Waals surface area contributed by atoms with Crippen LogP contribution in [-0.4, -0.2) is 17.1 Å². The molecular formula is C3H4N4O. The third-order valence-electron chi connectivity index (χ3n) is 0.419. The van der Waals surface area contributed by atoms with Crippen molar-refractivity contribution >= 4 is 11.9 Å². The number of nitrogens with zero attached hydrogens (tertiary/aromatic N) is 3. The Bertz CT molecular complexity index is 153. The number of oxime groups is 1. The van der Waals surface area contributed by atoms with Crippen molar-refractivity contribution in [3.05, 3.63) is 0 Å². The van der Waals surface area contributed by atoms with Gasteiger partial charge in [-0.15, -0.1) is 0 Å². The van der Waals surface area contributed by atoms with Crippen LogP contribution < -0.4 is 5.84 Å². The molecule has 0 spiro atoms. The van der Waals surface area contributed by atoms with Gasteiger partial charge in [-0.3, -0.25) is 0 Å². The van der Waals surface area contributed by atoms with Crippen molar-refractivity contribution in [2.24, 2.45) is 16.1 Å². The van der Waals surface area contributed by atoms with E-state index in [1.807, 2.05) is 0 Å². The molecule has 0 aromatic heterocycles. The molecule has 5 nitrogen and oxygen atoms in total. The Morgan fingerprint density at radius 3 is 2.62 bits per heavy atom. The summed E-state index contributed by atoms with van der Waals surface area (Å²) in [5.41, 5.74) is -0.215. The number of nitrogens with two attached hydrogens (primary N) is 1. The smallest absolute Gasteiger partial charge is 0.199 e. The summed E-state index contributed by atoms with van der Waals surface area (Å²) in [5.74, 6) is 4.61. The van der Waals surface area contributed by atoms with E-state index < -0.39 is 0 Å². The summed E-state index contributed by atoms with van der Waals surface area (Å²) in [6.07, 6.45) is 0.944. The highest BCUT2D eigenvalue weighted by Crippen LogP contribution is 1.64. The zero-order valence-corrected chi connectivity index (χ0v) is 3.94. The van der Waals surface area contributed by atoms with Crippen molar-refractivity contribution in [3.63, 3.8) is 0 Å². The molecule has 0 aromatic rings. The average Bonchev–Trinajstić information content (AvgIpc) is 1.83. The summed E-state index contributed by atoms with van der Waals surface area (Å²) in [6.45, 7) is 0. The Morgan fingerprint density at radius 1 is 1.88 bits per heavy atom. The molecule has 8 heavy (non-hydrogen) atoms. The molecule has 0 fully saturated rings. The molecule has 0 aromatic carbocycles. The Hall–Kier alpha value is -1.57. The van der Waals surface area contributed by atoms with E-state index in [2.05, 4.69) is 16.1 Å². The first-order chi connectivity index (χ1) is 3.85. The normalized spacial score (nSPS) is 11.6. The van der Waals surface area contributed by atoms with Gasteiger partial charge in [-0.2, -0.15) is 10.4 Å². The van der Waals surface area contributed by atoms with Gasteiger partial charge in [0.15, 0.2) is 5.71 Å².